The van der Waals surface area contributed by atoms with Gasteiger partial charge >= 0.3 is 5.97 Å². The van der Waals surface area contributed by atoms with E-state index in [1.165, 1.54) is 11.3 Å². The van der Waals surface area contributed by atoms with Gasteiger partial charge in [0.2, 0.25) is 5.90 Å². The molecule has 0 aliphatic carbocycles. The summed E-state index contributed by atoms with van der Waals surface area (Å²) in [5, 5.41) is 2.56. The van der Waals surface area contributed by atoms with Crippen LogP contribution in [0.15, 0.2) is 52.5 Å². The highest BCUT2D eigenvalue weighted by molar-refractivity contribution is 7.12. The third kappa shape index (κ3) is 2.59. The number of rotatable bonds is 2. The van der Waals surface area contributed by atoms with Crippen LogP contribution in [-0.2, 0) is 9.53 Å². The Balaban J connectivity index is 1.92. The molecule has 0 N–H and O–H groups in total. The number of nitrogens with zero attached hydrogens (tertiary/aromatic N) is 1. The first kappa shape index (κ1) is 12.1. The minimum absolute atomic E-state index is 0.297. The quantitative estimate of drug-likeness (QED) is 0.624. The van der Waals surface area contributed by atoms with Gasteiger partial charge in [-0.15, -0.1) is 11.3 Å². The van der Waals surface area contributed by atoms with E-state index >= 15 is 0 Å². The lowest BCUT2D eigenvalue weighted by Crippen LogP contribution is -2.03. The van der Waals surface area contributed by atoms with Crippen molar-refractivity contribution in [1.29, 1.82) is 0 Å². The monoisotopic (exact) mass is 289 g/mol. The fourth-order valence-corrected chi connectivity index (χ4v) is 2.41. The molecule has 0 saturated heterocycles. The Morgan fingerprint density at radius 3 is 2.68 bits per heavy atom. The summed E-state index contributed by atoms with van der Waals surface area (Å²) in [5.41, 5.74) is 1.15. The SMILES string of the molecule is O=C1OC(c2cccs2)=NC1=Cc1ccc(Cl)cc1. The van der Waals surface area contributed by atoms with Gasteiger partial charge in [-0.3, -0.25) is 0 Å². The Morgan fingerprint density at radius 1 is 1.21 bits per heavy atom. The molecule has 5 heteroatoms. The van der Waals surface area contributed by atoms with Crippen molar-refractivity contribution in [3.05, 3.63) is 62.9 Å². The van der Waals surface area contributed by atoms with Gasteiger partial charge in [0, 0.05) is 5.02 Å². The summed E-state index contributed by atoms with van der Waals surface area (Å²) in [6.07, 6.45) is 1.68. The first-order valence-corrected chi connectivity index (χ1v) is 6.80. The maximum absolute atomic E-state index is 11.7. The molecule has 1 aliphatic heterocycles. The Morgan fingerprint density at radius 2 is 2.00 bits per heavy atom. The van der Waals surface area contributed by atoms with E-state index in [1.54, 1.807) is 18.2 Å². The number of benzene rings is 1. The lowest BCUT2D eigenvalue weighted by molar-refractivity contribution is -0.129. The van der Waals surface area contributed by atoms with Gasteiger partial charge in [0.1, 0.15) is 0 Å². The van der Waals surface area contributed by atoms with Crippen LogP contribution in [0.5, 0.6) is 0 Å². The number of thiophene rings is 1. The highest BCUT2D eigenvalue weighted by Crippen LogP contribution is 2.21. The molecule has 2 heterocycles. The van der Waals surface area contributed by atoms with Gasteiger partial charge < -0.3 is 4.74 Å². The first-order valence-electron chi connectivity index (χ1n) is 5.54. The van der Waals surface area contributed by atoms with E-state index in [2.05, 4.69) is 4.99 Å². The number of carbonyl (C=O) groups is 1. The molecule has 0 amide bonds. The van der Waals surface area contributed by atoms with E-state index < -0.39 is 5.97 Å². The lowest BCUT2D eigenvalue weighted by Gasteiger charge is -1.94. The van der Waals surface area contributed by atoms with E-state index in [4.69, 9.17) is 16.3 Å². The van der Waals surface area contributed by atoms with Crippen LogP contribution in [-0.4, -0.2) is 11.9 Å². The van der Waals surface area contributed by atoms with E-state index in [1.807, 2.05) is 29.6 Å². The second-order valence-corrected chi connectivity index (χ2v) is 5.25. The molecule has 0 unspecified atom stereocenters. The zero-order valence-electron chi connectivity index (χ0n) is 9.67. The normalized spacial score (nSPS) is 16.6. The molecule has 0 bridgehead atoms. The molecule has 1 aromatic carbocycles. The van der Waals surface area contributed by atoms with Gasteiger partial charge in [-0.25, -0.2) is 9.79 Å². The zero-order valence-corrected chi connectivity index (χ0v) is 11.2. The van der Waals surface area contributed by atoms with Crippen molar-refractivity contribution < 1.29 is 9.53 Å². The van der Waals surface area contributed by atoms with E-state index in [9.17, 15) is 4.79 Å². The van der Waals surface area contributed by atoms with Crippen molar-refractivity contribution >= 4 is 40.9 Å². The molecule has 0 saturated carbocycles. The van der Waals surface area contributed by atoms with Crippen molar-refractivity contribution in [2.75, 3.05) is 0 Å². The van der Waals surface area contributed by atoms with Gasteiger partial charge in [0.15, 0.2) is 5.70 Å². The Bertz CT molecular complexity index is 672. The molecule has 0 atom stereocenters. The largest absolute Gasteiger partial charge is 0.401 e. The van der Waals surface area contributed by atoms with Crippen molar-refractivity contribution in [3.63, 3.8) is 0 Å². The zero-order chi connectivity index (χ0) is 13.2. The smallest absolute Gasteiger partial charge is 0.363 e. The van der Waals surface area contributed by atoms with Crippen molar-refractivity contribution in [3.8, 4) is 0 Å². The molecule has 1 aliphatic rings. The average molecular weight is 290 g/mol. The second kappa shape index (κ2) is 4.99. The molecular weight excluding hydrogens is 282 g/mol. The molecule has 19 heavy (non-hydrogen) atoms. The number of hydrogen-bond acceptors (Lipinski definition) is 4. The highest BCUT2D eigenvalue weighted by atomic mass is 35.5. The molecule has 1 aromatic heterocycles. The third-order valence-corrected chi connectivity index (χ3v) is 3.64. The standard InChI is InChI=1S/C14H8ClNO2S/c15-10-5-3-9(4-6-10)8-11-14(17)18-13(16-11)12-2-1-7-19-12/h1-8H. The highest BCUT2D eigenvalue weighted by Gasteiger charge is 2.24. The number of cyclic esters (lactones) is 1. The van der Waals surface area contributed by atoms with Crippen LogP contribution < -0.4 is 0 Å². The van der Waals surface area contributed by atoms with Crippen molar-refractivity contribution in [1.82, 2.24) is 0 Å². The molecule has 0 fully saturated rings. The Kier molecular flexibility index (Phi) is 3.19. The van der Waals surface area contributed by atoms with E-state index in [0.717, 1.165) is 10.4 Å². The van der Waals surface area contributed by atoms with Crippen LogP contribution in [0.2, 0.25) is 5.02 Å². The van der Waals surface area contributed by atoms with Gasteiger partial charge in [0.05, 0.1) is 4.88 Å². The fraction of sp³-hybridized carbons (Fsp3) is 0. The summed E-state index contributed by atoms with van der Waals surface area (Å²) in [4.78, 5) is 16.8. The van der Waals surface area contributed by atoms with Crippen molar-refractivity contribution in [2.45, 2.75) is 0 Å². The number of halogens is 1. The van der Waals surface area contributed by atoms with Crippen LogP contribution in [0.4, 0.5) is 0 Å². The summed E-state index contributed by atoms with van der Waals surface area (Å²) < 4.78 is 5.14. The molecule has 2 aromatic rings. The topological polar surface area (TPSA) is 38.7 Å². The van der Waals surface area contributed by atoms with E-state index in [-0.39, 0.29) is 0 Å². The average Bonchev–Trinajstić information content (AvgIpc) is 3.03. The number of esters is 1. The predicted octanol–water partition coefficient (Wildman–Crippen LogP) is 3.75. The van der Waals surface area contributed by atoms with Crippen LogP contribution in [0, 0.1) is 0 Å². The molecule has 0 spiro atoms. The first-order chi connectivity index (χ1) is 9.22. The third-order valence-electron chi connectivity index (χ3n) is 2.53. The minimum atomic E-state index is -0.432. The minimum Gasteiger partial charge on any atom is -0.401 e. The summed E-state index contributed by atoms with van der Waals surface area (Å²) in [6, 6.07) is 10.9. The van der Waals surface area contributed by atoms with Crippen molar-refractivity contribution in [2.24, 2.45) is 4.99 Å². The van der Waals surface area contributed by atoms with Gasteiger partial charge in [-0.05, 0) is 35.2 Å². The predicted molar refractivity (Wildman–Crippen MR) is 76.4 cm³/mol. The summed E-state index contributed by atoms with van der Waals surface area (Å²) in [6.45, 7) is 0. The molecular formula is C14H8ClNO2S. The Hall–Kier alpha value is -1.91. The maximum atomic E-state index is 11.7. The number of hydrogen-bond donors (Lipinski definition) is 0. The number of ether oxygens (including phenoxy) is 1. The molecule has 94 valence electrons. The van der Waals surface area contributed by atoms with Gasteiger partial charge in [0.25, 0.3) is 0 Å². The molecule has 3 rings (SSSR count). The molecule has 0 radical (unpaired) electrons. The summed E-state index contributed by atoms with van der Waals surface area (Å²) in [7, 11) is 0. The molecule has 3 nitrogen and oxygen atoms in total. The van der Waals surface area contributed by atoms with Gasteiger partial charge in [-0.2, -0.15) is 0 Å². The van der Waals surface area contributed by atoms with Crippen LogP contribution >= 0.6 is 22.9 Å². The van der Waals surface area contributed by atoms with Crippen LogP contribution in [0.1, 0.15) is 10.4 Å². The second-order valence-electron chi connectivity index (χ2n) is 3.86. The fourth-order valence-electron chi connectivity index (χ4n) is 1.63. The maximum Gasteiger partial charge on any atom is 0.363 e. The van der Waals surface area contributed by atoms with E-state index in [0.29, 0.717) is 16.6 Å². The summed E-state index contributed by atoms with van der Waals surface area (Å²) >= 11 is 7.29. The number of carbonyl (C=O) groups excluding carboxylic acids is 1. The lowest BCUT2D eigenvalue weighted by atomic mass is 10.2. The van der Waals surface area contributed by atoms with Crippen LogP contribution in [0.3, 0.4) is 0 Å². The van der Waals surface area contributed by atoms with Crippen LogP contribution in [0.25, 0.3) is 6.08 Å². The number of aliphatic imine (C=N–C) groups is 1. The summed E-state index contributed by atoms with van der Waals surface area (Å²) in [5.74, 6) is -0.0708. The van der Waals surface area contributed by atoms with Gasteiger partial charge in [-0.1, -0.05) is 29.8 Å². The Labute approximate surface area is 118 Å².